The number of aromatic nitrogens is 2. The standard InChI is InChI=1S/C26H26FN3O2/c1-18-9-7-14-24(19(18)2)32-16-8-15-30-23-13-6-5-12-22(23)29-25(30)17-28-26(31)20-10-3-4-11-21(20)27/h3-7,9-14H,8,15-17H2,1-2H3,(H,28,31). The third-order valence-corrected chi connectivity index (χ3v) is 5.60. The molecule has 6 heteroatoms. The molecule has 1 aromatic heterocycles. The van der Waals surface area contributed by atoms with Gasteiger partial charge in [-0.15, -0.1) is 0 Å². The Morgan fingerprint density at radius 3 is 2.66 bits per heavy atom. The van der Waals surface area contributed by atoms with E-state index in [2.05, 4.69) is 34.8 Å². The smallest absolute Gasteiger partial charge is 0.254 e. The molecular weight excluding hydrogens is 405 g/mol. The fourth-order valence-corrected chi connectivity index (χ4v) is 3.70. The summed E-state index contributed by atoms with van der Waals surface area (Å²) in [6.07, 6.45) is 0.780. The number of halogens is 1. The average molecular weight is 432 g/mol. The SMILES string of the molecule is Cc1cccc(OCCCn2c(CNC(=O)c3ccccc3F)nc3ccccc32)c1C. The van der Waals surface area contributed by atoms with Crippen molar-refractivity contribution in [2.45, 2.75) is 33.4 Å². The van der Waals surface area contributed by atoms with Crippen molar-refractivity contribution in [2.75, 3.05) is 6.61 Å². The van der Waals surface area contributed by atoms with E-state index in [0.29, 0.717) is 13.2 Å². The molecule has 164 valence electrons. The lowest BCUT2D eigenvalue weighted by molar-refractivity contribution is 0.0945. The summed E-state index contributed by atoms with van der Waals surface area (Å²) < 4.78 is 22.0. The summed E-state index contributed by atoms with van der Waals surface area (Å²) in [5.74, 6) is 0.627. The van der Waals surface area contributed by atoms with Crippen molar-refractivity contribution in [1.29, 1.82) is 0 Å². The van der Waals surface area contributed by atoms with Crippen molar-refractivity contribution in [1.82, 2.24) is 14.9 Å². The number of carbonyl (C=O) groups is 1. The van der Waals surface area contributed by atoms with Crippen molar-refractivity contribution in [2.24, 2.45) is 0 Å². The van der Waals surface area contributed by atoms with E-state index in [0.717, 1.165) is 34.6 Å². The maximum atomic E-state index is 13.9. The number of ether oxygens (including phenoxy) is 1. The maximum absolute atomic E-state index is 13.9. The van der Waals surface area contributed by atoms with Gasteiger partial charge in [-0.1, -0.05) is 36.4 Å². The minimum atomic E-state index is -0.540. The Hall–Kier alpha value is -3.67. The molecule has 0 saturated carbocycles. The van der Waals surface area contributed by atoms with Crippen LogP contribution in [0.1, 0.15) is 33.7 Å². The van der Waals surface area contributed by atoms with Crippen LogP contribution in [0.5, 0.6) is 5.75 Å². The summed E-state index contributed by atoms with van der Waals surface area (Å²) in [7, 11) is 0. The first-order chi connectivity index (χ1) is 15.5. The van der Waals surface area contributed by atoms with E-state index in [4.69, 9.17) is 4.74 Å². The lowest BCUT2D eigenvalue weighted by atomic mass is 10.1. The lowest BCUT2D eigenvalue weighted by Crippen LogP contribution is -2.25. The van der Waals surface area contributed by atoms with E-state index in [-0.39, 0.29) is 12.1 Å². The third kappa shape index (κ3) is 4.64. The Morgan fingerprint density at radius 2 is 1.81 bits per heavy atom. The molecule has 0 saturated heterocycles. The van der Waals surface area contributed by atoms with Gasteiger partial charge in [0.2, 0.25) is 0 Å². The molecule has 5 nitrogen and oxygen atoms in total. The minimum absolute atomic E-state index is 0.0251. The highest BCUT2D eigenvalue weighted by atomic mass is 19.1. The van der Waals surface area contributed by atoms with Crippen LogP contribution in [0, 0.1) is 19.7 Å². The zero-order chi connectivity index (χ0) is 22.5. The van der Waals surface area contributed by atoms with E-state index in [1.807, 2.05) is 36.4 Å². The van der Waals surface area contributed by atoms with Gasteiger partial charge in [0, 0.05) is 6.54 Å². The van der Waals surface area contributed by atoms with E-state index >= 15 is 0 Å². The average Bonchev–Trinajstić information content (AvgIpc) is 3.15. The number of benzene rings is 3. The molecule has 4 aromatic rings. The largest absolute Gasteiger partial charge is 0.493 e. The third-order valence-electron chi connectivity index (χ3n) is 5.60. The van der Waals surface area contributed by atoms with Gasteiger partial charge in [0.1, 0.15) is 17.4 Å². The van der Waals surface area contributed by atoms with Crippen LogP contribution < -0.4 is 10.1 Å². The second-order valence-corrected chi connectivity index (χ2v) is 7.73. The number of para-hydroxylation sites is 2. The van der Waals surface area contributed by atoms with Crippen LogP contribution >= 0.6 is 0 Å². The van der Waals surface area contributed by atoms with E-state index in [1.165, 1.54) is 17.7 Å². The number of amides is 1. The molecule has 0 atom stereocenters. The predicted octanol–water partition coefficient (Wildman–Crippen LogP) is 5.19. The summed E-state index contributed by atoms with van der Waals surface area (Å²) in [4.78, 5) is 17.1. The molecule has 0 aliphatic heterocycles. The van der Waals surface area contributed by atoms with Gasteiger partial charge < -0.3 is 14.6 Å². The van der Waals surface area contributed by atoms with Gasteiger partial charge in [0.15, 0.2) is 0 Å². The van der Waals surface area contributed by atoms with Crippen molar-refractivity contribution in [3.05, 3.63) is 95.1 Å². The number of carbonyl (C=O) groups excluding carboxylic acids is 1. The van der Waals surface area contributed by atoms with Crippen molar-refractivity contribution in [3.8, 4) is 5.75 Å². The van der Waals surface area contributed by atoms with E-state index < -0.39 is 11.7 Å². The molecule has 0 radical (unpaired) electrons. The highest BCUT2D eigenvalue weighted by Crippen LogP contribution is 2.21. The first kappa shape index (κ1) is 21.6. The number of hydrogen-bond acceptors (Lipinski definition) is 3. The summed E-state index contributed by atoms with van der Waals surface area (Å²) in [6.45, 7) is 5.60. The number of nitrogens with zero attached hydrogens (tertiary/aromatic N) is 2. The normalized spacial score (nSPS) is 11.0. The second kappa shape index (κ2) is 9.64. The Bertz CT molecular complexity index is 1250. The van der Waals surface area contributed by atoms with E-state index in [9.17, 15) is 9.18 Å². The molecule has 1 heterocycles. The number of aryl methyl sites for hydroxylation is 2. The zero-order valence-corrected chi connectivity index (χ0v) is 18.3. The molecule has 1 amide bonds. The first-order valence-corrected chi connectivity index (χ1v) is 10.7. The number of nitrogens with one attached hydrogen (secondary N) is 1. The van der Waals surface area contributed by atoms with E-state index in [1.54, 1.807) is 12.1 Å². The molecule has 0 spiro atoms. The van der Waals surface area contributed by atoms with Crippen LogP contribution in [0.2, 0.25) is 0 Å². The van der Waals surface area contributed by atoms with Gasteiger partial charge in [-0.2, -0.15) is 0 Å². The Labute approximate surface area is 186 Å². The van der Waals surface area contributed by atoms with Gasteiger partial charge >= 0.3 is 0 Å². The lowest BCUT2D eigenvalue weighted by Gasteiger charge is -2.13. The fourth-order valence-electron chi connectivity index (χ4n) is 3.70. The molecular formula is C26H26FN3O2. The van der Waals surface area contributed by atoms with Crippen LogP contribution in [-0.4, -0.2) is 22.1 Å². The molecule has 4 rings (SSSR count). The second-order valence-electron chi connectivity index (χ2n) is 7.73. The quantitative estimate of drug-likeness (QED) is 0.391. The first-order valence-electron chi connectivity index (χ1n) is 10.7. The molecule has 0 bridgehead atoms. The number of fused-ring (bicyclic) bond motifs is 1. The van der Waals surface area contributed by atoms with Gasteiger partial charge in [-0.05, 0) is 61.7 Å². The number of hydrogen-bond donors (Lipinski definition) is 1. The minimum Gasteiger partial charge on any atom is -0.493 e. The van der Waals surface area contributed by atoms with Crippen molar-refractivity contribution < 1.29 is 13.9 Å². The molecule has 0 aliphatic rings. The fraction of sp³-hybridized carbons (Fsp3) is 0.231. The van der Waals surface area contributed by atoms with Crippen LogP contribution in [-0.2, 0) is 13.1 Å². The monoisotopic (exact) mass is 431 g/mol. The molecule has 3 aromatic carbocycles. The van der Waals surface area contributed by atoms with Crippen molar-refractivity contribution in [3.63, 3.8) is 0 Å². The Morgan fingerprint density at radius 1 is 1.03 bits per heavy atom. The maximum Gasteiger partial charge on any atom is 0.254 e. The summed E-state index contributed by atoms with van der Waals surface area (Å²) in [5.41, 5.74) is 4.23. The summed E-state index contributed by atoms with van der Waals surface area (Å²) in [5, 5.41) is 2.79. The van der Waals surface area contributed by atoms with Gasteiger partial charge in [0.05, 0.1) is 29.7 Å². The molecule has 0 fully saturated rings. The van der Waals surface area contributed by atoms with Gasteiger partial charge in [-0.25, -0.2) is 9.37 Å². The predicted molar refractivity (Wildman–Crippen MR) is 123 cm³/mol. The molecule has 1 N–H and O–H groups in total. The zero-order valence-electron chi connectivity index (χ0n) is 18.3. The molecule has 0 unspecified atom stereocenters. The molecule has 32 heavy (non-hydrogen) atoms. The summed E-state index contributed by atoms with van der Waals surface area (Å²) >= 11 is 0. The van der Waals surface area contributed by atoms with Crippen LogP contribution in [0.4, 0.5) is 4.39 Å². The number of imidazole rings is 1. The summed E-state index contributed by atoms with van der Waals surface area (Å²) in [6, 6.07) is 19.9. The van der Waals surface area contributed by atoms with Crippen LogP contribution in [0.25, 0.3) is 11.0 Å². The van der Waals surface area contributed by atoms with Crippen LogP contribution in [0.3, 0.4) is 0 Å². The Kier molecular flexibility index (Phi) is 6.50. The Balaban J connectivity index is 1.45. The highest BCUT2D eigenvalue weighted by molar-refractivity contribution is 5.94. The number of rotatable bonds is 8. The highest BCUT2D eigenvalue weighted by Gasteiger charge is 2.14. The van der Waals surface area contributed by atoms with Crippen molar-refractivity contribution >= 4 is 16.9 Å². The van der Waals surface area contributed by atoms with Crippen LogP contribution in [0.15, 0.2) is 66.7 Å². The molecule has 0 aliphatic carbocycles. The van der Waals surface area contributed by atoms with Gasteiger partial charge in [-0.3, -0.25) is 4.79 Å². The topological polar surface area (TPSA) is 56.1 Å². The van der Waals surface area contributed by atoms with Gasteiger partial charge in [0.25, 0.3) is 5.91 Å².